The first kappa shape index (κ1) is 26.0. The third kappa shape index (κ3) is 3.51. The molecule has 0 aliphatic carbocycles. The number of aryl methyl sites for hydroxylation is 1. The summed E-state index contributed by atoms with van der Waals surface area (Å²) in [6.07, 6.45) is 0. The van der Waals surface area contributed by atoms with Crippen molar-refractivity contribution in [3.8, 4) is 17.4 Å². The highest BCUT2D eigenvalue weighted by Gasteiger charge is 2.38. The van der Waals surface area contributed by atoms with Gasteiger partial charge in [-0.15, -0.1) is 0 Å². The summed E-state index contributed by atoms with van der Waals surface area (Å²) in [6, 6.07) is 43.8. The number of rotatable bonds is 3. The summed E-state index contributed by atoms with van der Waals surface area (Å²) < 4.78 is 4.36. The van der Waals surface area contributed by atoms with E-state index in [-0.39, 0.29) is 11.8 Å². The SMILES string of the molecule is Cc1ccc(-n2c3ccccc3c3cc4c5ccccc5n(-c5cc(C#N)ccc5N5C(=O)c6ccccc6C5=O)c4cc32)cc1. The molecule has 0 saturated carbocycles. The minimum atomic E-state index is -0.380. The van der Waals surface area contributed by atoms with E-state index in [2.05, 4.69) is 88.9 Å². The first-order valence-electron chi connectivity index (χ1n) is 15.1. The normalized spacial score (nSPS) is 12.9. The van der Waals surface area contributed by atoms with Crippen molar-refractivity contribution in [2.24, 2.45) is 0 Å². The van der Waals surface area contributed by atoms with Crippen LogP contribution in [-0.4, -0.2) is 20.9 Å². The summed E-state index contributed by atoms with van der Waals surface area (Å²) in [7, 11) is 0. The smallest absolute Gasteiger partial charge is 0.266 e. The second-order valence-corrected chi connectivity index (χ2v) is 11.7. The van der Waals surface area contributed by atoms with Crippen LogP contribution in [0, 0.1) is 18.3 Å². The molecule has 1 aliphatic heterocycles. The zero-order chi connectivity index (χ0) is 31.1. The molecule has 0 saturated heterocycles. The maximum absolute atomic E-state index is 13.7. The highest BCUT2D eigenvalue weighted by atomic mass is 16.2. The Morgan fingerprint density at radius 1 is 0.522 bits per heavy atom. The molecule has 9 rings (SSSR count). The molecule has 2 amide bonds. The van der Waals surface area contributed by atoms with Crippen LogP contribution in [0.15, 0.2) is 127 Å². The number of carbonyl (C=O) groups excluding carboxylic acids is 2. The molecule has 0 atom stereocenters. The molecule has 0 bridgehead atoms. The molecule has 3 heterocycles. The summed E-state index contributed by atoms with van der Waals surface area (Å²) in [5.41, 5.74) is 8.34. The topological polar surface area (TPSA) is 71.0 Å². The number of imide groups is 1. The lowest BCUT2D eigenvalue weighted by Crippen LogP contribution is -2.30. The summed E-state index contributed by atoms with van der Waals surface area (Å²) in [5, 5.41) is 14.3. The number of para-hydroxylation sites is 2. The van der Waals surface area contributed by atoms with Gasteiger partial charge >= 0.3 is 0 Å². The van der Waals surface area contributed by atoms with Crippen molar-refractivity contribution >= 4 is 61.1 Å². The lowest BCUT2D eigenvalue weighted by molar-refractivity contribution is 0.0926. The average molecular weight is 593 g/mol. The first-order chi connectivity index (χ1) is 22.5. The minimum absolute atomic E-state index is 0.370. The summed E-state index contributed by atoms with van der Waals surface area (Å²) in [4.78, 5) is 28.7. The molecule has 6 heteroatoms. The highest BCUT2D eigenvalue weighted by molar-refractivity contribution is 6.35. The molecule has 8 aromatic rings. The Morgan fingerprint density at radius 2 is 1.09 bits per heavy atom. The number of hydrogen-bond donors (Lipinski definition) is 0. The highest BCUT2D eigenvalue weighted by Crippen LogP contribution is 2.42. The van der Waals surface area contributed by atoms with Crippen molar-refractivity contribution in [1.29, 1.82) is 5.26 Å². The molecule has 0 spiro atoms. The first-order valence-corrected chi connectivity index (χ1v) is 15.1. The number of fused-ring (bicyclic) bond motifs is 7. The van der Waals surface area contributed by atoms with Crippen molar-refractivity contribution in [2.45, 2.75) is 6.92 Å². The third-order valence-corrected chi connectivity index (χ3v) is 9.14. The van der Waals surface area contributed by atoms with E-state index < -0.39 is 0 Å². The molecule has 1 aliphatic rings. The molecule has 0 radical (unpaired) electrons. The number of aromatic nitrogens is 2. The van der Waals surface area contributed by atoms with Crippen LogP contribution >= 0.6 is 0 Å². The molecule has 216 valence electrons. The van der Waals surface area contributed by atoms with E-state index in [0.29, 0.717) is 28.1 Å². The van der Waals surface area contributed by atoms with Crippen LogP contribution in [0.3, 0.4) is 0 Å². The van der Waals surface area contributed by atoms with Gasteiger partial charge in [0.15, 0.2) is 0 Å². The van der Waals surface area contributed by atoms with Gasteiger partial charge in [-0.2, -0.15) is 5.26 Å². The van der Waals surface area contributed by atoms with Crippen LogP contribution in [-0.2, 0) is 0 Å². The van der Waals surface area contributed by atoms with Gasteiger partial charge in [-0.05, 0) is 73.7 Å². The third-order valence-electron chi connectivity index (χ3n) is 9.14. The Kier molecular flexibility index (Phi) is 5.38. The van der Waals surface area contributed by atoms with Crippen molar-refractivity contribution < 1.29 is 9.59 Å². The summed E-state index contributed by atoms with van der Waals surface area (Å²) in [5.74, 6) is -0.761. The number of amides is 2. The van der Waals surface area contributed by atoms with E-state index in [4.69, 9.17) is 0 Å². The van der Waals surface area contributed by atoms with Crippen LogP contribution < -0.4 is 4.90 Å². The Labute approximate surface area is 263 Å². The van der Waals surface area contributed by atoms with E-state index in [9.17, 15) is 14.9 Å². The van der Waals surface area contributed by atoms with E-state index in [1.54, 1.807) is 42.5 Å². The Morgan fingerprint density at radius 3 is 1.72 bits per heavy atom. The maximum atomic E-state index is 13.7. The fraction of sp³-hybridized carbons (Fsp3) is 0.0250. The quantitative estimate of drug-likeness (QED) is 0.192. The number of nitrogens with zero attached hydrogens (tertiary/aromatic N) is 4. The van der Waals surface area contributed by atoms with Crippen LogP contribution in [0.25, 0.3) is 55.0 Å². The van der Waals surface area contributed by atoms with Gasteiger partial charge in [0, 0.05) is 27.2 Å². The zero-order valence-corrected chi connectivity index (χ0v) is 24.7. The molecule has 0 N–H and O–H groups in total. The van der Waals surface area contributed by atoms with Gasteiger partial charge in [-0.25, -0.2) is 4.90 Å². The second kappa shape index (κ2) is 9.52. The molecular weight excluding hydrogens is 568 g/mol. The van der Waals surface area contributed by atoms with E-state index in [1.807, 2.05) is 18.2 Å². The number of hydrogen-bond acceptors (Lipinski definition) is 3. The fourth-order valence-electron chi connectivity index (χ4n) is 7.03. The predicted octanol–water partition coefficient (Wildman–Crippen LogP) is 8.86. The van der Waals surface area contributed by atoms with E-state index in [1.165, 1.54) is 10.5 Å². The Balaban J connectivity index is 1.40. The van der Waals surface area contributed by atoms with Gasteiger partial charge < -0.3 is 9.13 Å². The minimum Gasteiger partial charge on any atom is -0.309 e. The van der Waals surface area contributed by atoms with Crippen LogP contribution in [0.5, 0.6) is 0 Å². The monoisotopic (exact) mass is 592 g/mol. The maximum Gasteiger partial charge on any atom is 0.266 e. The lowest BCUT2D eigenvalue weighted by Gasteiger charge is -2.20. The van der Waals surface area contributed by atoms with Gasteiger partial charge in [0.25, 0.3) is 11.8 Å². The van der Waals surface area contributed by atoms with Crippen molar-refractivity contribution in [1.82, 2.24) is 9.13 Å². The number of benzene rings is 6. The lowest BCUT2D eigenvalue weighted by atomic mass is 10.1. The van der Waals surface area contributed by atoms with Crippen LogP contribution in [0.1, 0.15) is 31.8 Å². The van der Waals surface area contributed by atoms with Gasteiger partial charge in [0.1, 0.15) is 0 Å². The Bertz CT molecular complexity index is 2620. The fourth-order valence-corrected chi connectivity index (χ4v) is 7.03. The van der Waals surface area contributed by atoms with Crippen molar-refractivity contribution in [3.63, 3.8) is 0 Å². The summed E-state index contributed by atoms with van der Waals surface area (Å²) >= 11 is 0. The van der Waals surface area contributed by atoms with Crippen LogP contribution in [0.2, 0.25) is 0 Å². The predicted molar refractivity (Wildman–Crippen MR) is 182 cm³/mol. The molecular formula is C40H24N4O2. The standard InChI is InChI=1S/C40H24N4O2/c1-24-14-17-26(18-15-24)42-33-12-6-4-8-27(33)31-21-32-28-9-5-7-13-34(28)43(37(32)22-36(31)42)38-20-25(23-41)16-19-35(38)44-39(45)29-10-2-3-11-30(29)40(44)46/h2-22H,1H3. The van der Waals surface area contributed by atoms with Gasteiger partial charge in [-0.3, -0.25) is 9.59 Å². The van der Waals surface area contributed by atoms with Crippen LogP contribution in [0.4, 0.5) is 5.69 Å². The van der Waals surface area contributed by atoms with E-state index in [0.717, 1.165) is 49.3 Å². The van der Waals surface area contributed by atoms with Gasteiger partial charge in [0.2, 0.25) is 0 Å². The largest absolute Gasteiger partial charge is 0.309 e. The molecule has 46 heavy (non-hydrogen) atoms. The zero-order valence-electron chi connectivity index (χ0n) is 24.7. The molecule has 0 fully saturated rings. The second-order valence-electron chi connectivity index (χ2n) is 11.7. The molecule has 2 aromatic heterocycles. The van der Waals surface area contributed by atoms with Gasteiger partial charge in [0.05, 0.1) is 56.2 Å². The Hall–Kier alpha value is -6.45. The average Bonchev–Trinajstić information content (AvgIpc) is 3.68. The summed E-state index contributed by atoms with van der Waals surface area (Å²) in [6.45, 7) is 2.08. The molecule has 6 nitrogen and oxygen atoms in total. The van der Waals surface area contributed by atoms with Gasteiger partial charge in [-0.1, -0.05) is 66.2 Å². The number of carbonyl (C=O) groups is 2. The molecule has 0 unspecified atom stereocenters. The number of anilines is 1. The van der Waals surface area contributed by atoms with Crippen molar-refractivity contribution in [2.75, 3.05) is 4.90 Å². The number of nitriles is 1. The van der Waals surface area contributed by atoms with Crippen molar-refractivity contribution in [3.05, 3.63) is 150 Å². The van der Waals surface area contributed by atoms with E-state index >= 15 is 0 Å². The molecule has 6 aromatic carbocycles.